The zero-order valence-electron chi connectivity index (χ0n) is 16.2. The first-order valence-corrected chi connectivity index (χ1v) is 9.88. The second-order valence-electron chi connectivity index (χ2n) is 8.00. The molecule has 4 rings (SSSR count). The van der Waals surface area contributed by atoms with Crippen LogP contribution in [0.25, 0.3) is 11.1 Å². The van der Waals surface area contributed by atoms with E-state index >= 15 is 0 Å². The molecule has 0 aromatic heterocycles. The summed E-state index contributed by atoms with van der Waals surface area (Å²) in [6.45, 7) is 8.19. The van der Waals surface area contributed by atoms with Gasteiger partial charge in [-0.05, 0) is 43.9 Å². The first-order chi connectivity index (χ1) is 12.7. The first kappa shape index (κ1) is 17.6. The Hall–Kier alpha value is -1.84. The summed E-state index contributed by atoms with van der Waals surface area (Å²) in [6.07, 6.45) is 2.71. The Morgan fingerprint density at radius 3 is 2.23 bits per heavy atom. The summed E-state index contributed by atoms with van der Waals surface area (Å²) in [7, 11) is 1.74. The third kappa shape index (κ3) is 3.38. The van der Waals surface area contributed by atoms with Crippen molar-refractivity contribution in [3.8, 4) is 16.9 Å². The van der Waals surface area contributed by atoms with Gasteiger partial charge in [-0.1, -0.05) is 42.5 Å². The number of benzene rings is 2. The number of hydrogen-bond acceptors (Lipinski definition) is 3. The third-order valence-electron chi connectivity index (χ3n) is 6.13. The van der Waals surface area contributed by atoms with Gasteiger partial charge in [-0.2, -0.15) is 0 Å². The van der Waals surface area contributed by atoms with Crippen LogP contribution in [0.1, 0.15) is 32.3 Å². The molecule has 2 aromatic rings. The lowest BCUT2D eigenvalue weighted by Crippen LogP contribution is -2.54. The Balaban J connectivity index is 1.47. The molecule has 26 heavy (non-hydrogen) atoms. The molecule has 0 spiro atoms. The number of likely N-dealkylation sites (tertiary alicyclic amines) is 1. The third-order valence-corrected chi connectivity index (χ3v) is 6.13. The van der Waals surface area contributed by atoms with Crippen molar-refractivity contribution < 1.29 is 4.74 Å². The van der Waals surface area contributed by atoms with Crippen LogP contribution in [0.2, 0.25) is 0 Å². The van der Waals surface area contributed by atoms with Crippen LogP contribution < -0.4 is 4.74 Å². The van der Waals surface area contributed by atoms with Crippen molar-refractivity contribution in [1.82, 2.24) is 9.80 Å². The van der Waals surface area contributed by atoms with Crippen LogP contribution in [0.3, 0.4) is 0 Å². The van der Waals surface area contributed by atoms with E-state index in [9.17, 15) is 0 Å². The van der Waals surface area contributed by atoms with Crippen LogP contribution in [0.15, 0.2) is 48.5 Å². The molecule has 2 aliphatic heterocycles. The summed E-state index contributed by atoms with van der Waals surface area (Å²) in [5.41, 5.74) is 3.80. The molecule has 138 valence electrons. The summed E-state index contributed by atoms with van der Waals surface area (Å²) in [4.78, 5) is 5.40. The predicted molar refractivity (Wildman–Crippen MR) is 107 cm³/mol. The van der Waals surface area contributed by atoms with Crippen molar-refractivity contribution in [2.45, 2.75) is 51.4 Å². The molecule has 0 N–H and O–H groups in total. The molecule has 2 bridgehead atoms. The molecule has 0 saturated carbocycles. The van der Waals surface area contributed by atoms with Crippen LogP contribution >= 0.6 is 0 Å². The predicted octanol–water partition coefficient (Wildman–Crippen LogP) is 4.42. The van der Waals surface area contributed by atoms with E-state index in [0.717, 1.165) is 29.9 Å². The van der Waals surface area contributed by atoms with E-state index in [1.165, 1.54) is 37.1 Å². The fourth-order valence-corrected chi connectivity index (χ4v) is 4.59. The molecule has 2 unspecified atom stereocenters. The average Bonchev–Trinajstić information content (AvgIpc) is 2.90. The number of hydrogen-bond donors (Lipinski definition) is 0. The van der Waals surface area contributed by atoms with Gasteiger partial charge in [0.25, 0.3) is 0 Å². The van der Waals surface area contributed by atoms with E-state index in [0.29, 0.717) is 6.04 Å². The van der Waals surface area contributed by atoms with Gasteiger partial charge < -0.3 is 4.74 Å². The molecule has 0 amide bonds. The van der Waals surface area contributed by atoms with Crippen LogP contribution in [0.5, 0.6) is 5.75 Å². The van der Waals surface area contributed by atoms with E-state index in [-0.39, 0.29) is 0 Å². The molecule has 2 aromatic carbocycles. The molecule has 2 atom stereocenters. The SMILES string of the molecule is COc1ccccc1-c1ccc(CN2C3CCC2CN(C(C)C)C3)cc1. The van der Waals surface area contributed by atoms with Gasteiger partial charge in [0.2, 0.25) is 0 Å². The monoisotopic (exact) mass is 350 g/mol. The van der Waals surface area contributed by atoms with Gasteiger partial charge in [0.05, 0.1) is 7.11 Å². The van der Waals surface area contributed by atoms with E-state index in [4.69, 9.17) is 4.74 Å². The second-order valence-corrected chi connectivity index (χ2v) is 8.00. The van der Waals surface area contributed by atoms with Crippen molar-refractivity contribution in [3.05, 3.63) is 54.1 Å². The van der Waals surface area contributed by atoms with Crippen LogP contribution in [-0.2, 0) is 6.54 Å². The highest BCUT2D eigenvalue weighted by Crippen LogP contribution is 2.33. The van der Waals surface area contributed by atoms with Crippen molar-refractivity contribution in [2.75, 3.05) is 20.2 Å². The molecule has 3 heteroatoms. The Morgan fingerprint density at radius 2 is 1.62 bits per heavy atom. The molecule has 2 fully saturated rings. The maximum absolute atomic E-state index is 5.50. The Morgan fingerprint density at radius 1 is 0.962 bits per heavy atom. The summed E-state index contributed by atoms with van der Waals surface area (Å²) in [5, 5.41) is 0. The van der Waals surface area contributed by atoms with Gasteiger partial charge in [0.15, 0.2) is 0 Å². The highest BCUT2D eigenvalue weighted by atomic mass is 16.5. The molecular weight excluding hydrogens is 320 g/mol. The highest BCUT2D eigenvalue weighted by molar-refractivity contribution is 5.70. The molecule has 3 nitrogen and oxygen atoms in total. The topological polar surface area (TPSA) is 15.7 Å². The number of para-hydroxylation sites is 1. The minimum absolute atomic E-state index is 0.667. The van der Waals surface area contributed by atoms with Crippen molar-refractivity contribution >= 4 is 0 Å². The van der Waals surface area contributed by atoms with E-state index in [1.807, 2.05) is 12.1 Å². The maximum Gasteiger partial charge on any atom is 0.126 e. The number of nitrogens with zero attached hydrogens (tertiary/aromatic N) is 2. The van der Waals surface area contributed by atoms with Crippen LogP contribution in [0, 0.1) is 0 Å². The van der Waals surface area contributed by atoms with Crippen LogP contribution in [-0.4, -0.2) is 48.1 Å². The fourth-order valence-electron chi connectivity index (χ4n) is 4.59. The largest absolute Gasteiger partial charge is 0.496 e. The minimum atomic E-state index is 0.667. The fraction of sp³-hybridized carbons (Fsp3) is 0.478. The Labute approximate surface area is 157 Å². The lowest BCUT2D eigenvalue weighted by molar-refractivity contribution is 0.0442. The zero-order chi connectivity index (χ0) is 18.1. The van der Waals surface area contributed by atoms with Crippen molar-refractivity contribution in [3.63, 3.8) is 0 Å². The molecule has 2 saturated heterocycles. The van der Waals surface area contributed by atoms with E-state index in [2.05, 4.69) is 60.0 Å². The van der Waals surface area contributed by atoms with Gasteiger partial charge in [-0.15, -0.1) is 0 Å². The van der Waals surface area contributed by atoms with Crippen molar-refractivity contribution in [2.24, 2.45) is 0 Å². The number of fused-ring (bicyclic) bond motifs is 2. The Bertz CT molecular complexity index is 726. The van der Waals surface area contributed by atoms with E-state index in [1.54, 1.807) is 7.11 Å². The lowest BCUT2D eigenvalue weighted by atomic mass is 10.0. The number of piperazine rings is 1. The van der Waals surface area contributed by atoms with Gasteiger partial charge in [0.1, 0.15) is 5.75 Å². The molecule has 2 aliphatic rings. The maximum atomic E-state index is 5.50. The number of rotatable bonds is 5. The van der Waals surface area contributed by atoms with Crippen LogP contribution in [0.4, 0.5) is 0 Å². The highest BCUT2D eigenvalue weighted by Gasteiger charge is 2.40. The molecule has 2 heterocycles. The summed E-state index contributed by atoms with van der Waals surface area (Å²) in [6, 6.07) is 19.4. The summed E-state index contributed by atoms with van der Waals surface area (Å²) >= 11 is 0. The normalized spacial score (nSPS) is 23.5. The zero-order valence-corrected chi connectivity index (χ0v) is 16.2. The standard InChI is InChI=1S/C23H30N2O/c1-17(2)24-15-20-12-13-21(16-24)25(20)14-18-8-10-19(11-9-18)22-6-4-5-7-23(22)26-3/h4-11,17,20-21H,12-16H2,1-3H3. The van der Waals surface area contributed by atoms with Gasteiger partial charge in [0, 0.05) is 43.3 Å². The number of ether oxygens (including phenoxy) is 1. The lowest BCUT2D eigenvalue weighted by Gasteiger charge is -2.42. The summed E-state index contributed by atoms with van der Waals surface area (Å²) in [5.74, 6) is 0.933. The molecular formula is C23H30N2O. The molecule has 0 aliphatic carbocycles. The van der Waals surface area contributed by atoms with Gasteiger partial charge in [-0.3, -0.25) is 9.80 Å². The smallest absolute Gasteiger partial charge is 0.126 e. The number of methoxy groups -OCH3 is 1. The average molecular weight is 351 g/mol. The summed E-state index contributed by atoms with van der Waals surface area (Å²) < 4.78 is 5.50. The van der Waals surface area contributed by atoms with Crippen molar-refractivity contribution in [1.29, 1.82) is 0 Å². The second kappa shape index (κ2) is 7.42. The van der Waals surface area contributed by atoms with E-state index < -0.39 is 0 Å². The first-order valence-electron chi connectivity index (χ1n) is 9.88. The van der Waals surface area contributed by atoms with Gasteiger partial charge >= 0.3 is 0 Å². The minimum Gasteiger partial charge on any atom is -0.496 e. The Kier molecular flexibility index (Phi) is 5.01. The quantitative estimate of drug-likeness (QED) is 0.794. The molecule has 0 radical (unpaired) electrons. The van der Waals surface area contributed by atoms with Gasteiger partial charge in [-0.25, -0.2) is 0 Å².